The van der Waals surface area contributed by atoms with Crippen molar-refractivity contribution in [3.63, 3.8) is 0 Å². The molecule has 0 saturated heterocycles. The molecule has 0 amide bonds. The molecule has 0 radical (unpaired) electrons. The second-order valence-electron chi connectivity index (χ2n) is 3.28. The normalized spacial score (nSPS) is 10.6. The number of hydrogen-bond acceptors (Lipinski definition) is 4. The molecule has 84 valence electrons. The Morgan fingerprint density at radius 2 is 2.12 bits per heavy atom. The summed E-state index contributed by atoms with van der Waals surface area (Å²) in [7, 11) is 0. The highest BCUT2D eigenvalue weighted by Crippen LogP contribution is 2.18. The second kappa shape index (κ2) is 4.76. The van der Waals surface area contributed by atoms with Crippen LogP contribution in [0.5, 0.6) is 0 Å². The highest BCUT2D eigenvalue weighted by atomic mass is 35.5. The molecule has 2 aromatic rings. The molecule has 1 aromatic carbocycles. The number of rotatable bonds is 3. The van der Waals surface area contributed by atoms with Gasteiger partial charge in [0.15, 0.2) is 0 Å². The van der Waals surface area contributed by atoms with Gasteiger partial charge in [-0.25, -0.2) is 4.39 Å². The van der Waals surface area contributed by atoms with Crippen LogP contribution in [0.3, 0.4) is 0 Å². The Labute approximate surface area is 101 Å². The van der Waals surface area contributed by atoms with Crippen LogP contribution in [0.1, 0.15) is 10.6 Å². The van der Waals surface area contributed by atoms with Gasteiger partial charge in [-0.05, 0) is 24.1 Å². The van der Waals surface area contributed by atoms with E-state index in [0.717, 1.165) is 23.4 Å². The lowest BCUT2D eigenvalue weighted by Crippen LogP contribution is -1.91. The van der Waals surface area contributed by atoms with E-state index in [2.05, 4.69) is 10.2 Å². The summed E-state index contributed by atoms with van der Waals surface area (Å²) in [6, 6.07) is 4.71. The van der Waals surface area contributed by atoms with Crippen LogP contribution in [-0.2, 0) is 12.8 Å². The molecule has 1 heterocycles. The lowest BCUT2D eigenvalue weighted by atomic mass is 10.1. The van der Waals surface area contributed by atoms with Crippen molar-refractivity contribution in [2.75, 3.05) is 5.73 Å². The summed E-state index contributed by atoms with van der Waals surface area (Å²) in [6.45, 7) is 0. The third-order valence-electron chi connectivity index (χ3n) is 2.09. The molecule has 0 fully saturated rings. The Morgan fingerprint density at radius 3 is 2.75 bits per heavy atom. The highest BCUT2D eigenvalue weighted by molar-refractivity contribution is 7.15. The largest absolute Gasteiger partial charge is 0.374 e. The zero-order valence-corrected chi connectivity index (χ0v) is 9.85. The molecule has 0 aliphatic carbocycles. The number of aromatic nitrogens is 2. The van der Waals surface area contributed by atoms with Crippen molar-refractivity contribution < 1.29 is 4.39 Å². The van der Waals surface area contributed by atoms with Gasteiger partial charge in [0, 0.05) is 6.42 Å². The van der Waals surface area contributed by atoms with E-state index in [1.807, 2.05) is 0 Å². The lowest BCUT2D eigenvalue weighted by Gasteiger charge is -2.00. The van der Waals surface area contributed by atoms with Crippen LogP contribution in [0, 0.1) is 5.82 Å². The van der Waals surface area contributed by atoms with E-state index in [-0.39, 0.29) is 5.02 Å². The number of nitrogens with two attached hydrogens (primary N) is 1. The molecule has 6 heteroatoms. The SMILES string of the molecule is Nc1nnc(CCc2ccc(F)c(Cl)c2)s1. The van der Waals surface area contributed by atoms with Gasteiger partial charge in [0.2, 0.25) is 5.13 Å². The molecule has 2 rings (SSSR count). The van der Waals surface area contributed by atoms with E-state index in [1.165, 1.54) is 17.4 Å². The fourth-order valence-corrected chi connectivity index (χ4v) is 2.13. The highest BCUT2D eigenvalue weighted by Gasteiger charge is 2.04. The van der Waals surface area contributed by atoms with Crippen LogP contribution >= 0.6 is 22.9 Å². The number of halogens is 2. The van der Waals surface area contributed by atoms with Crippen LogP contribution in [-0.4, -0.2) is 10.2 Å². The number of aryl methyl sites for hydroxylation is 2. The summed E-state index contributed by atoms with van der Waals surface area (Å²) < 4.78 is 12.9. The third kappa shape index (κ3) is 2.68. The molecular weight excluding hydrogens is 249 g/mol. The minimum absolute atomic E-state index is 0.147. The monoisotopic (exact) mass is 257 g/mol. The fraction of sp³-hybridized carbons (Fsp3) is 0.200. The predicted molar refractivity (Wildman–Crippen MR) is 63.1 cm³/mol. The standard InChI is InChI=1S/C10H9ClFN3S/c11-7-5-6(1-3-8(7)12)2-4-9-14-15-10(13)16-9/h1,3,5H,2,4H2,(H2,13,15). The van der Waals surface area contributed by atoms with Crippen molar-refractivity contribution in [1.29, 1.82) is 0 Å². The minimum Gasteiger partial charge on any atom is -0.374 e. The van der Waals surface area contributed by atoms with Crippen LogP contribution in [0.4, 0.5) is 9.52 Å². The van der Waals surface area contributed by atoms with Gasteiger partial charge in [-0.1, -0.05) is 29.0 Å². The predicted octanol–water partition coefficient (Wildman–Crippen LogP) is 2.70. The Hall–Kier alpha value is -1.20. The number of benzene rings is 1. The smallest absolute Gasteiger partial charge is 0.203 e. The molecular formula is C10H9ClFN3S. The van der Waals surface area contributed by atoms with Gasteiger partial charge in [0.25, 0.3) is 0 Å². The lowest BCUT2D eigenvalue weighted by molar-refractivity contribution is 0.627. The Morgan fingerprint density at radius 1 is 1.31 bits per heavy atom. The van der Waals surface area contributed by atoms with Gasteiger partial charge in [-0.2, -0.15) is 0 Å². The average Bonchev–Trinajstić information content (AvgIpc) is 2.66. The van der Waals surface area contributed by atoms with Crippen LogP contribution in [0.15, 0.2) is 18.2 Å². The first-order valence-electron chi connectivity index (χ1n) is 4.67. The molecule has 0 aliphatic heterocycles. The van der Waals surface area contributed by atoms with Gasteiger partial charge >= 0.3 is 0 Å². The zero-order chi connectivity index (χ0) is 11.5. The van der Waals surface area contributed by atoms with Gasteiger partial charge in [-0.3, -0.25) is 0 Å². The van der Waals surface area contributed by atoms with Crippen molar-refractivity contribution in [3.8, 4) is 0 Å². The van der Waals surface area contributed by atoms with Crippen LogP contribution in [0.25, 0.3) is 0 Å². The molecule has 0 saturated carbocycles. The number of hydrogen-bond donors (Lipinski definition) is 1. The first kappa shape index (κ1) is 11.3. The zero-order valence-electron chi connectivity index (χ0n) is 8.28. The van der Waals surface area contributed by atoms with Crippen molar-refractivity contribution in [1.82, 2.24) is 10.2 Å². The molecule has 1 aromatic heterocycles. The van der Waals surface area contributed by atoms with Crippen LogP contribution < -0.4 is 5.73 Å². The molecule has 0 atom stereocenters. The maximum Gasteiger partial charge on any atom is 0.203 e. The van der Waals surface area contributed by atoms with Crippen molar-refractivity contribution in [3.05, 3.63) is 39.6 Å². The number of nitrogens with zero attached hydrogens (tertiary/aromatic N) is 2. The molecule has 0 unspecified atom stereocenters. The number of anilines is 1. The number of nitrogen functional groups attached to an aromatic ring is 1. The second-order valence-corrected chi connectivity index (χ2v) is 4.78. The van der Waals surface area contributed by atoms with E-state index in [0.29, 0.717) is 5.13 Å². The van der Waals surface area contributed by atoms with E-state index in [9.17, 15) is 4.39 Å². The van der Waals surface area contributed by atoms with Crippen molar-refractivity contribution >= 4 is 28.1 Å². The average molecular weight is 258 g/mol. The summed E-state index contributed by atoms with van der Waals surface area (Å²) >= 11 is 7.04. The summed E-state index contributed by atoms with van der Waals surface area (Å²) in [4.78, 5) is 0. The van der Waals surface area contributed by atoms with Crippen molar-refractivity contribution in [2.24, 2.45) is 0 Å². The molecule has 3 nitrogen and oxygen atoms in total. The summed E-state index contributed by atoms with van der Waals surface area (Å²) in [6.07, 6.45) is 1.48. The first-order valence-corrected chi connectivity index (χ1v) is 5.86. The van der Waals surface area contributed by atoms with Gasteiger partial charge in [0.1, 0.15) is 10.8 Å². The molecule has 2 N–H and O–H groups in total. The summed E-state index contributed by atoms with van der Waals surface area (Å²) in [5, 5.41) is 9.11. The van der Waals surface area contributed by atoms with E-state index < -0.39 is 5.82 Å². The summed E-state index contributed by atoms with van der Waals surface area (Å²) in [5.41, 5.74) is 6.44. The molecule has 0 bridgehead atoms. The minimum atomic E-state index is -0.398. The van der Waals surface area contributed by atoms with E-state index >= 15 is 0 Å². The quantitative estimate of drug-likeness (QED) is 0.920. The molecule has 0 aliphatic rings. The molecule has 16 heavy (non-hydrogen) atoms. The van der Waals surface area contributed by atoms with Gasteiger partial charge < -0.3 is 5.73 Å². The molecule has 0 spiro atoms. The van der Waals surface area contributed by atoms with Gasteiger partial charge in [-0.15, -0.1) is 10.2 Å². The summed E-state index contributed by atoms with van der Waals surface area (Å²) in [5.74, 6) is -0.398. The van der Waals surface area contributed by atoms with E-state index in [4.69, 9.17) is 17.3 Å². The first-order chi connectivity index (χ1) is 7.65. The maximum absolute atomic E-state index is 12.9. The topological polar surface area (TPSA) is 51.8 Å². The fourth-order valence-electron chi connectivity index (χ4n) is 1.31. The maximum atomic E-state index is 12.9. The Kier molecular flexibility index (Phi) is 3.36. The van der Waals surface area contributed by atoms with Crippen molar-refractivity contribution in [2.45, 2.75) is 12.8 Å². The van der Waals surface area contributed by atoms with Gasteiger partial charge in [0.05, 0.1) is 5.02 Å². The Balaban J connectivity index is 2.02. The Bertz CT molecular complexity index is 501. The van der Waals surface area contributed by atoms with E-state index in [1.54, 1.807) is 12.1 Å². The van der Waals surface area contributed by atoms with Crippen LogP contribution in [0.2, 0.25) is 5.02 Å². The third-order valence-corrected chi connectivity index (χ3v) is 3.20.